The molecular weight excluding hydrogens is 343 g/mol. The van der Waals surface area contributed by atoms with E-state index in [0.717, 1.165) is 55.5 Å². The minimum Gasteiger partial charge on any atom is -0.314 e. The van der Waals surface area contributed by atoms with Gasteiger partial charge in [-0.2, -0.15) is 0 Å². The summed E-state index contributed by atoms with van der Waals surface area (Å²) in [7, 11) is 0. The lowest BCUT2D eigenvalue weighted by atomic mass is 9.98. The van der Waals surface area contributed by atoms with Crippen molar-refractivity contribution < 1.29 is 4.39 Å². The summed E-state index contributed by atoms with van der Waals surface area (Å²) >= 11 is 3.33. The number of unbranched alkanes of at least 4 members (excludes halogenated alkanes) is 1. The number of hydrogen-bond donors (Lipinski definition) is 1. The zero-order valence-corrected chi connectivity index (χ0v) is 14.3. The van der Waals surface area contributed by atoms with Crippen molar-refractivity contribution in [3.63, 3.8) is 0 Å². The van der Waals surface area contributed by atoms with E-state index in [0.29, 0.717) is 0 Å². The van der Waals surface area contributed by atoms with Gasteiger partial charge in [-0.1, -0.05) is 41.8 Å². The molecule has 0 unspecified atom stereocenters. The Labute approximate surface area is 135 Å². The SMILES string of the molecule is CCCC[C@@H](c1ccc(Br)cc1F)N1CCNCC1.Cl. The van der Waals surface area contributed by atoms with Crippen molar-refractivity contribution in [1.29, 1.82) is 0 Å². The van der Waals surface area contributed by atoms with Gasteiger partial charge in [0.1, 0.15) is 5.82 Å². The van der Waals surface area contributed by atoms with E-state index < -0.39 is 0 Å². The molecule has 1 atom stereocenters. The maximum atomic E-state index is 14.2. The third-order valence-electron chi connectivity index (χ3n) is 3.74. The molecule has 0 aromatic heterocycles. The van der Waals surface area contributed by atoms with Gasteiger partial charge < -0.3 is 5.32 Å². The number of nitrogens with one attached hydrogen (secondary N) is 1. The molecule has 0 amide bonds. The van der Waals surface area contributed by atoms with E-state index in [9.17, 15) is 4.39 Å². The molecule has 0 radical (unpaired) electrons. The Morgan fingerprint density at radius 2 is 2.05 bits per heavy atom. The fourth-order valence-corrected chi connectivity index (χ4v) is 3.03. The second-order valence-corrected chi connectivity index (χ2v) is 6.03. The van der Waals surface area contributed by atoms with Crippen LogP contribution in [0.5, 0.6) is 0 Å². The topological polar surface area (TPSA) is 15.3 Å². The van der Waals surface area contributed by atoms with Gasteiger partial charge in [-0.3, -0.25) is 4.90 Å². The first-order chi connectivity index (χ1) is 9.22. The molecule has 5 heteroatoms. The minimum absolute atomic E-state index is 0. The minimum atomic E-state index is -0.0889. The Hall–Kier alpha value is -0.160. The molecular formula is C15H23BrClFN2. The summed E-state index contributed by atoms with van der Waals surface area (Å²) in [4.78, 5) is 2.42. The summed E-state index contributed by atoms with van der Waals surface area (Å²) in [5.41, 5.74) is 0.846. The van der Waals surface area contributed by atoms with Crippen LogP contribution >= 0.6 is 28.3 Å². The highest BCUT2D eigenvalue weighted by Crippen LogP contribution is 2.30. The van der Waals surface area contributed by atoms with Gasteiger partial charge in [-0.15, -0.1) is 12.4 Å². The van der Waals surface area contributed by atoms with Gasteiger partial charge in [0.25, 0.3) is 0 Å². The summed E-state index contributed by atoms with van der Waals surface area (Å²) in [6.07, 6.45) is 3.33. The van der Waals surface area contributed by atoms with Gasteiger partial charge >= 0.3 is 0 Å². The number of hydrogen-bond acceptors (Lipinski definition) is 2. The van der Waals surface area contributed by atoms with Crippen LogP contribution in [0, 0.1) is 5.82 Å². The van der Waals surface area contributed by atoms with Crippen LogP contribution in [0.25, 0.3) is 0 Å². The zero-order chi connectivity index (χ0) is 13.7. The van der Waals surface area contributed by atoms with Crippen molar-refractivity contribution in [3.05, 3.63) is 34.1 Å². The second-order valence-electron chi connectivity index (χ2n) is 5.11. The second kappa shape index (κ2) is 8.98. The summed E-state index contributed by atoms with van der Waals surface area (Å²) in [6, 6.07) is 5.67. The average molecular weight is 366 g/mol. The molecule has 1 aliphatic rings. The van der Waals surface area contributed by atoms with Crippen molar-refractivity contribution in [1.82, 2.24) is 10.2 Å². The van der Waals surface area contributed by atoms with Crippen LogP contribution in [-0.2, 0) is 0 Å². The normalized spacial score (nSPS) is 17.6. The van der Waals surface area contributed by atoms with Crippen LogP contribution in [0.2, 0.25) is 0 Å². The first kappa shape index (κ1) is 17.9. The molecule has 114 valence electrons. The molecule has 0 saturated carbocycles. The number of rotatable bonds is 5. The van der Waals surface area contributed by atoms with E-state index in [1.165, 1.54) is 0 Å². The highest BCUT2D eigenvalue weighted by Gasteiger charge is 2.24. The smallest absolute Gasteiger partial charge is 0.129 e. The van der Waals surface area contributed by atoms with Crippen molar-refractivity contribution >= 4 is 28.3 Å². The Morgan fingerprint density at radius 3 is 2.65 bits per heavy atom. The van der Waals surface area contributed by atoms with Crippen molar-refractivity contribution in [2.24, 2.45) is 0 Å². The summed E-state index contributed by atoms with van der Waals surface area (Å²) in [5, 5.41) is 3.36. The third-order valence-corrected chi connectivity index (χ3v) is 4.24. The molecule has 1 aromatic carbocycles. The average Bonchev–Trinajstić information content (AvgIpc) is 2.42. The fourth-order valence-electron chi connectivity index (χ4n) is 2.70. The van der Waals surface area contributed by atoms with Gasteiger partial charge in [0.2, 0.25) is 0 Å². The summed E-state index contributed by atoms with van der Waals surface area (Å²) in [6.45, 7) is 6.20. The van der Waals surface area contributed by atoms with E-state index in [4.69, 9.17) is 0 Å². The lowest BCUT2D eigenvalue weighted by molar-refractivity contribution is 0.160. The standard InChI is InChI=1S/C15H22BrFN2.ClH/c1-2-3-4-15(19-9-7-18-8-10-19)13-6-5-12(16)11-14(13)17;/h5-6,11,15,18H,2-4,7-10H2,1H3;1H/t15-;/m0./s1. The number of nitrogens with zero attached hydrogens (tertiary/aromatic N) is 1. The van der Waals surface area contributed by atoms with Gasteiger partial charge in [0.05, 0.1) is 0 Å². The van der Waals surface area contributed by atoms with Gasteiger partial charge in [0, 0.05) is 42.3 Å². The van der Waals surface area contributed by atoms with E-state index in [1.807, 2.05) is 12.1 Å². The molecule has 2 nitrogen and oxygen atoms in total. The molecule has 20 heavy (non-hydrogen) atoms. The monoisotopic (exact) mass is 364 g/mol. The Morgan fingerprint density at radius 1 is 1.35 bits per heavy atom. The van der Waals surface area contributed by atoms with Gasteiger partial charge in [-0.05, 0) is 18.6 Å². The largest absolute Gasteiger partial charge is 0.314 e. The number of halogens is 3. The molecule has 1 aliphatic heterocycles. The van der Waals surface area contributed by atoms with Crippen molar-refractivity contribution in [2.75, 3.05) is 26.2 Å². The Bertz CT molecular complexity index is 411. The van der Waals surface area contributed by atoms with E-state index in [-0.39, 0.29) is 24.3 Å². The summed E-state index contributed by atoms with van der Waals surface area (Å²) in [5.74, 6) is -0.0889. The van der Waals surface area contributed by atoms with Crippen LogP contribution in [0.15, 0.2) is 22.7 Å². The molecule has 1 N–H and O–H groups in total. The maximum absolute atomic E-state index is 14.2. The third kappa shape index (κ3) is 4.69. The molecule has 2 rings (SSSR count). The molecule has 1 aromatic rings. The fraction of sp³-hybridized carbons (Fsp3) is 0.600. The van der Waals surface area contributed by atoms with E-state index in [1.54, 1.807) is 6.07 Å². The van der Waals surface area contributed by atoms with Crippen LogP contribution in [-0.4, -0.2) is 31.1 Å². The van der Waals surface area contributed by atoms with Crippen molar-refractivity contribution in [2.45, 2.75) is 32.2 Å². The van der Waals surface area contributed by atoms with Crippen LogP contribution in [0.1, 0.15) is 37.8 Å². The number of benzene rings is 1. The highest BCUT2D eigenvalue weighted by atomic mass is 79.9. The molecule has 1 heterocycles. The van der Waals surface area contributed by atoms with E-state index in [2.05, 4.69) is 33.1 Å². The van der Waals surface area contributed by atoms with Crippen molar-refractivity contribution in [3.8, 4) is 0 Å². The van der Waals surface area contributed by atoms with Crippen LogP contribution in [0.4, 0.5) is 4.39 Å². The molecule has 1 fully saturated rings. The predicted octanol–water partition coefficient (Wildman–Crippen LogP) is 4.15. The first-order valence-corrected chi connectivity index (χ1v) is 7.91. The zero-order valence-electron chi connectivity index (χ0n) is 11.9. The van der Waals surface area contributed by atoms with E-state index >= 15 is 0 Å². The number of piperazine rings is 1. The quantitative estimate of drug-likeness (QED) is 0.843. The summed E-state index contributed by atoms with van der Waals surface area (Å²) < 4.78 is 15.0. The molecule has 1 saturated heterocycles. The highest BCUT2D eigenvalue weighted by molar-refractivity contribution is 9.10. The molecule has 0 bridgehead atoms. The molecule has 0 spiro atoms. The molecule has 0 aliphatic carbocycles. The maximum Gasteiger partial charge on any atom is 0.129 e. The first-order valence-electron chi connectivity index (χ1n) is 7.12. The Balaban J connectivity index is 0.00000200. The lowest BCUT2D eigenvalue weighted by Crippen LogP contribution is -2.45. The lowest BCUT2D eigenvalue weighted by Gasteiger charge is -2.35. The predicted molar refractivity (Wildman–Crippen MR) is 88.1 cm³/mol. The van der Waals surface area contributed by atoms with Gasteiger partial charge in [-0.25, -0.2) is 4.39 Å². The van der Waals surface area contributed by atoms with Crippen LogP contribution < -0.4 is 5.32 Å². The van der Waals surface area contributed by atoms with Gasteiger partial charge in [0.15, 0.2) is 0 Å². The Kier molecular flexibility index (Phi) is 8.03. The van der Waals surface area contributed by atoms with Crippen LogP contribution in [0.3, 0.4) is 0 Å².